The molecule has 1 aliphatic heterocycles. The van der Waals surface area contributed by atoms with Crippen molar-refractivity contribution in [2.24, 2.45) is 0 Å². The van der Waals surface area contributed by atoms with Crippen LogP contribution >= 0.6 is 0 Å². The number of anilines is 1. The second kappa shape index (κ2) is 6.48. The van der Waals surface area contributed by atoms with Crippen LogP contribution in [0.3, 0.4) is 0 Å². The molecule has 0 N–H and O–H groups in total. The first-order valence-corrected chi connectivity index (χ1v) is 6.03. The highest BCUT2D eigenvalue weighted by Gasteiger charge is 2.13. The minimum atomic E-state index is 0.814. The molecule has 1 fully saturated rings. The van der Waals surface area contributed by atoms with Gasteiger partial charge in [-0.05, 0) is 25.0 Å². The van der Waals surface area contributed by atoms with Crippen molar-refractivity contribution in [3.8, 4) is 0 Å². The van der Waals surface area contributed by atoms with Gasteiger partial charge < -0.3 is 9.64 Å². The van der Waals surface area contributed by atoms with Gasteiger partial charge in [-0.1, -0.05) is 19.9 Å². The first-order valence-electron chi connectivity index (χ1n) is 6.03. The largest absolute Gasteiger partial charge is 0.378 e. The Bertz CT molecular complexity index is 320. The Morgan fingerprint density at radius 3 is 2.38 bits per heavy atom. The molecule has 16 heavy (non-hydrogen) atoms. The minimum absolute atomic E-state index is 0.814. The molecule has 0 radical (unpaired) electrons. The van der Waals surface area contributed by atoms with Gasteiger partial charge in [0.1, 0.15) is 5.82 Å². The van der Waals surface area contributed by atoms with E-state index < -0.39 is 0 Å². The molecule has 0 amide bonds. The van der Waals surface area contributed by atoms with E-state index in [4.69, 9.17) is 4.74 Å². The van der Waals surface area contributed by atoms with Gasteiger partial charge in [0.25, 0.3) is 0 Å². The second-order valence-corrected chi connectivity index (χ2v) is 3.75. The molecular weight excluding hydrogens is 200 g/mol. The number of nitrogens with zero attached hydrogens (tertiary/aromatic N) is 2. The van der Waals surface area contributed by atoms with E-state index in [-0.39, 0.29) is 0 Å². The van der Waals surface area contributed by atoms with Crippen molar-refractivity contribution >= 4 is 5.82 Å². The molecule has 0 atom stereocenters. The Balaban J connectivity index is 0.000000606. The standard InChI is InChI=1S/C11H16N2O.C2H6/c1-9-7-10(2)11(12-8-9)13-3-5-14-6-4-13;1-2/h7-8H,3-6H2,1-2H3;1-2H3. The minimum Gasteiger partial charge on any atom is -0.378 e. The molecule has 3 nitrogen and oxygen atoms in total. The van der Waals surface area contributed by atoms with E-state index in [0.717, 1.165) is 32.1 Å². The number of aromatic nitrogens is 1. The van der Waals surface area contributed by atoms with Crippen molar-refractivity contribution in [3.63, 3.8) is 0 Å². The zero-order valence-corrected chi connectivity index (χ0v) is 10.8. The van der Waals surface area contributed by atoms with E-state index in [2.05, 4.69) is 29.8 Å². The van der Waals surface area contributed by atoms with Gasteiger partial charge in [-0.2, -0.15) is 0 Å². The molecule has 0 saturated carbocycles. The lowest BCUT2D eigenvalue weighted by atomic mass is 10.2. The van der Waals surface area contributed by atoms with Crippen LogP contribution in [0.5, 0.6) is 0 Å². The van der Waals surface area contributed by atoms with Crippen molar-refractivity contribution in [2.75, 3.05) is 31.2 Å². The van der Waals surface area contributed by atoms with Crippen LogP contribution < -0.4 is 4.90 Å². The van der Waals surface area contributed by atoms with Crippen LogP contribution in [-0.4, -0.2) is 31.3 Å². The molecule has 2 heterocycles. The number of morpholine rings is 1. The molecule has 1 aromatic heterocycles. The molecule has 0 spiro atoms. The van der Waals surface area contributed by atoms with Crippen molar-refractivity contribution in [1.82, 2.24) is 4.98 Å². The van der Waals surface area contributed by atoms with Gasteiger partial charge >= 0.3 is 0 Å². The summed E-state index contributed by atoms with van der Waals surface area (Å²) >= 11 is 0. The monoisotopic (exact) mass is 222 g/mol. The van der Waals surface area contributed by atoms with E-state index in [1.54, 1.807) is 0 Å². The molecule has 90 valence electrons. The summed E-state index contributed by atoms with van der Waals surface area (Å²) in [6, 6.07) is 2.18. The van der Waals surface area contributed by atoms with Crippen LogP contribution in [0.4, 0.5) is 5.82 Å². The van der Waals surface area contributed by atoms with E-state index in [1.807, 2.05) is 20.0 Å². The maximum atomic E-state index is 5.32. The fourth-order valence-electron chi connectivity index (χ4n) is 1.81. The Morgan fingerprint density at radius 1 is 1.19 bits per heavy atom. The fourth-order valence-corrected chi connectivity index (χ4v) is 1.81. The molecule has 2 rings (SSSR count). The third kappa shape index (κ3) is 3.20. The van der Waals surface area contributed by atoms with Gasteiger partial charge in [0.2, 0.25) is 0 Å². The Morgan fingerprint density at radius 2 is 1.81 bits per heavy atom. The van der Waals surface area contributed by atoms with Gasteiger partial charge in [0, 0.05) is 19.3 Å². The zero-order valence-electron chi connectivity index (χ0n) is 10.8. The van der Waals surface area contributed by atoms with Gasteiger partial charge in [0.05, 0.1) is 13.2 Å². The number of aryl methyl sites for hydroxylation is 2. The van der Waals surface area contributed by atoms with Crippen LogP contribution in [0, 0.1) is 13.8 Å². The zero-order chi connectivity index (χ0) is 12.0. The first-order chi connectivity index (χ1) is 7.77. The quantitative estimate of drug-likeness (QED) is 0.730. The summed E-state index contributed by atoms with van der Waals surface area (Å²) in [7, 11) is 0. The van der Waals surface area contributed by atoms with Crippen LogP contribution in [0.2, 0.25) is 0 Å². The maximum Gasteiger partial charge on any atom is 0.131 e. The molecular formula is C13H22N2O. The van der Waals surface area contributed by atoms with Gasteiger partial charge in [0.15, 0.2) is 0 Å². The van der Waals surface area contributed by atoms with Crippen LogP contribution in [0.15, 0.2) is 12.3 Å². The summed E-state index contributed by atoms with van der Waals surface area (Å²) in [6.45, 7) is 11.7. The fraction of sp³-hybridized carbons (Fsp3) is 0.615. The van der Waals surface area contributed by atoms with Gasteiger partial charge in [-0.15, -0.1) is 0 Å². The topological polar surface area (TPSA) is 25.4 Å². The van der Waals surface area contributed by atoms with Gasteiger partial charge in [-0.3, -0.25) is 0 Å². The van der Waals surface area contributed by atoms with Gasteiger partial charge in [-0.25, -0.2) is 4.98 Å². The SMILES string of the molecule is CC.Cc1cnc(N2CCOCC2)c(C)c1. The highest BCUT2D eigenvalue weighted by molar-refractivity contribution is 5.47. The lowest BCUT2D eigenvalue weighted by Crippen LogP contribution is -2.37. The summed E-state index contributed by atoms with van der Waals surface area (Å²) in [5.74, 6) is 1.11. The van der Waals surface area contributed by atoms with Crippen LogP contribution in [-0.2, 0) is 4.74 Å². The van der Waals surface area contributed by atoms with Crippen LogP contribution in [0.1, 0.15) is 25.0 Å². The summed E-state index contributed by atoms with van der Waals surface area (Å²) in [5, 5.41) is 0. The number of hydrogen-bond donors (Lipinski definition) is 0. The first kappa shape index (κ1) is 13.0. The second-order valence-electron chi connectivity index (χ2n) is 3.75. The molecule has 0 unspecified atom stereocenters. The highest BCUT2D eigenvalue weighted by Crippen LogP contribution is 2.18. The summed E-state index contributed by atoms with van der Waals surface area (Å²) in [6.07, 6.45) is 1.93. The maximum absolute atomic E-state index is 5.32. The normalized spacial score (nSPS) is 15.4. The van der Waals surface area contributed by atoms with E-state index in [1.165, 1.54) is 11.1 Å². The summed E-state index contributed by atoms with van der Waals surface area (Å²) < 4.78 is 5.32. The molecule has 1 saturated heterocycles. The molecule has 1 aliphatic rings. The van der Waals surface area contributed by atoms with Crippen LogP contribution in [0.25, 0.3) is 0 Å². The van der Waals surface area contributed by atoms with E-state index >= 15 is 0 Å². The third-order valence-electron chi connectivity index (χ3n) is 2.50. The summed E-state index contributed by atoms with van der Waals surface area (Å²) in [5.41, 5.74) is 2.48. The van der Waals surface area contributed by atoms with Crippen molar-refractivity contribution in [2.45, 2.75) is 27.7 Å². The summed E-state index contributed by atoms with van der Waals surface area (Å²) in [4.78, 5) is 6.76. The lowest BCUT2D eigenvalue weighted by molar-refractivity contribution is 0.122. The molecule has 3 heteroatoms. The number of rotatable bonds is 1. The third-order valence-corrected chi connectivity index (χ3v) is 2.50. The Hall–Kier alpha value is -1.09. The number of ether oxygens (including phenoxy) is 1. The molecule has 0 aromatic carbocycles. The average molecular weight is 222 g/mol. The number of hydrogen-bond acceptors (Lipinski definition) is 3. The lowest BCUT2D eigenvalue weighted by Gasteiger charge is -2.29. The van der Waals surface area contributed by atoms with Crippen molar-refractivity contribution in [3.05, 3.63) is 23.4 Å². The predicted octanol–water partition coefficient (Wildman–Crippen LogP) is 2.56. The number of pyridine rings is 1. The molecule has 0 bridgehead atoms. The van der Waals surface area contributed by atoms with E-state index in [9.17, 15) is 0 Å². The highest BCUT2D eigenvalue weighted by atomic mass is 16.5. The van der Waals surface area contributed by atoms with Crippen molar-refractivity contribution in [1.29, 1.82) is 0 Å². The Kier molecular flexibility index (Phi) is 5.26. The predicted molar refractivity (Wildman–Crippen MR) is 68.1 cm³/mol. The Labute approximate surface area is 98.4 Å². The van der Waals surface area contributed by atoms with Crippen molar-refractivity contribution < 1.29 is 4.74 Å². The average Bonchev–Trinajstić information content (AvgIpc) is 2.33. The molecule has 0 aliphatic carbocycles. The molecule has 1 aromatic rings. The van der Waals surface area contributed by atoms with E-state index in [0.29, 0.717) is 0 Å². The smallest absolute Gasteiger partial charge is 0.131 e.